The van der Waals surface area contributed by atoms with Gasteiger partial charge in [-0.15, -0.1) is 0 Å². The smallest absolute Gasteiger partial charge is 0.356 e. The van der Waals surface area contributed by atoms with Crippen LogP contribution in [0.4, 0.5) is 13.2 Å². The number of aromatic nitrogens is 2. The van der Waals surface area contributed by atoms with Crippen molar-refractivity contribution in [2.75, 3.05) is 0 Å². The topological polar surface area (TPSA) is 66.0 Å². The van der Waals surface area contributed by atoms with Crippen molar-refractivity contribution in [1.29, 1.82) is 0 Å². The zero-order chi connectivity index (χ0) is 10.0. The summed E-state index contributed by atoms with van der Waals surface area (Å²) in [5.74, 6) is -1.40. The molecule has 4 nitrogen and oxygen atoms in total. The molecule has 13 heavy (non-hydrogen) atoms. The van der Waals surface area contributed by atoms with E-state index in [1.165, 1.54) is 0 Å². The second-order valence-electron chi connectivity index (χ2n) is 2.25. The minimum atomic E-state index is -3.19. The fourth-order valence-electron chi connectivity index (χ4n) is 0.723. The van der Waals surface area contributed by atoms with Gasteiger partial charge in [0.2, 0.25) is 6.17 Å². The molecule has 0 spiro atoms. The normalized spacial score (nSPS) is 13.2. The number of aromatic carboxylic acids is 1. The molecule has 0 radical (unpaired) electrons. The fraction of sp³-hybridized carbons (Fsp3) is 0.333. The summed E-state index contributed by atoms with van der Waals surface area (Å²) in [6.07, 6.45) is -5.72. The van der Waals surface area contributed by atoms with Gasteiger partial charge in [-0.3, -0.25) is 5.10 Å². The molecule has 1 aromatic heterocycles. The number of hydrogen-bond acceptors (Lipinski definition) is 2. The van der Waals surface area contributed by atoms with Crippen LogP contribution in [0.15, 0.2) is 6.07 Å². The van der Waals surface area contributed by atoms with E-state index >= 15 is 0 Å². The van der Waals surface area contributed by atoms with Gasteiger partial charge in [0.15, 0.2) is 5.69 Å². The third-order valence-electron chi connectivity index (χ3n) is 1.34. The van der Waals surface area contributed by atoms with Crippen molar-refractivity contribution < 1.29 is 23.1 Å². The third kappa shape index (κ3) is 1.98. The minimum absolute atomic E-state index is 0.488. The molecule has 0 saturated carbocycles. The lowest BCUT2D eigenvalue weighted by Crippen LogP contribution is -2.03. The molecule has 0 aliphatic rings. The first-order chi connectivity index (χ1) is 6.02. The van der Waals surface area contributed by atoms with Crippen LogP contribution in [0.5, 0.6) is 0 Å². The van der Waals surface area contributed by atoms with Gasteiger partial charge in [0.05, 0.1) is 5.69 Å². The number of carbonyl (C=O) groups is 1. The molecule has 1 unspecified atom stereocenters. The molecule has 0 bridgehead atoms. The Bertz CT molecular complexity index is 313. The minimum Gasteiger partial charge on any atom is -0.476 e. The molecule has 0 aromatic carbocycles. The second kappa shape index (κ2) is 3.46. The van der Waals surface area contributed by atoms with Crippen molar-refractivity contribution in [3.05, 3.63) is 17.5 Å². The number of nitrogens with one attached hydrogen (secondary N) is 1. The molecule has 1 atom stereocenters. The lowest BCUT2D eigenvalue weighted by Gasteiger charge is -2.01. The Morgan fingerprint density at radius 1 is 1.54 bits per heavy atom. The van der Waals surface area contributed by atoms with Gasteiger partial charge in [-0.2, -0.15) is 5.10 Å². The van der Waals surface area contributed by atoms with E-state index in [4.69, 9.17) is 5.11 Å². The van der Waals surface area contributed by atoms with Crippen LogP contribution in [-0.4, -0.2) is 27.7 Å². The summed E-state index contributed by atoms with van der Waals surface area (Å²) in [5, 5.41) is 13.3. The molecule has 0 amide bonds. The predicted octanol–water partition coefficient (Wildman–Crippen LogP) is 1.38. The van der Waals surface area contributed by atoms with Gasteiger partial charge < -0.3 is 5.11 Å². The van der Waals surface area contributed by atoms with Gasteiger partial charge in [0.1, 0.15) is 0 Å². The highest BCUT2D eigenvalue weighted by molar-refractivity contribution is 5.85. The van der Waals surface area contributed by atoms with Crippen LogP contribution in [0.2, 0.25) is 0 Å². The zero-order valence-corrected chi connectivity index (χ0v) is 6.17. The summed E-state index contributed by atoms with van der Waals surface area (Å²) in [5.41, 5.74) is -1.02. The Morgan fingerprint density at radius 3 is 2.54 bits per heavy atom. The van der Waals surface area contributed by atoms with E-state index in [1.54, 1.807) is 0 Å². The van der Waals surface area contributed by atoms with Crippen LogP contribution in [0.3, 0.4) is 0 Å². The molecule has 7 heteroatoms. The Morgan fingerprint density at radius 2 is 2.15 bits per heavy atom. The van der Waals surface area contributed by atoms with Crippen LogP contribution < -0.4 is 0 Å². The highest BCUT2D eigenvalue weighted by Gasteiger charge is 2.24. The summed E-state index contributed by atoms with van der Waals surface area (Å²) in [6.45, 7) is 0. The van der Waals surface area contributed by atoms with Crippen molar-refractivity contribution >= 4 is 5.97 Å². The number of rotatable bonds is 3. The van der Waals surface area contributed by atoms with E-state index in [1.807, 2.05) is 5.10 Å². The number of alkyl halides is 3. The van der Waals surface area contributed by atoms with Crippen molar-refractivity contribution in [2.24, 2.45) is 0 Å². The molecule has 0 aliphatic heterocycles. The van der Waals surface area contributed by atoms with E-state index in [9.17, 15) is 18.0 Å². The van der Waals surface area contributed by atoms with Crippen molar-refractivity contribution in [3.63, 3.8) is 0 Å². The summed E-state index contributed by atoms with van der Waals surface area (Å²) in [7, 11) is 0. The van der Waals surface area contributed by atoms with Crippen LogP contribution >= 0.6 is 0 Å². The van der Waals surface area contributed by atoms with Crippen LogP contribution in [0.25, 0.3) is 0 Å². The van der Waals surface area contributed by atoms with Gasteiger partial charge in [-0.1, -0.05) is 0 Å². The van der Waals surface area contributed by atoms with E-state index < -0.39 is 30.0 Å². The van der Waals surface area contributed by atoms with Crippen LogP contribution in [0, 0.1) is 0 Å². The molecule has 1 heterocycles. The Balaban J connectivity index is 2.85. The molecule has 1 aromatic rings. The van der Waals surface area contributed by atoms with Gasteiger partial charge in [0, 0.05) is 0 Å². The number of aromatic amines is 1. The molecule has 0 aliphatic carbocycles. The van der Waals surface area contributed by atoms with Gasteiger partial charge in [-0.25, -0.2) is 18.0 Å². The second-order valence-corrected chi connectivity index (χ2v) is 2.25. The third-order valence-corrected chi connectivity index (χ3v) is 1.34. The van der Waals surface area contributed by atoms with E-state index in [-0.39, 0.29) is 0 Å². The lowest BCUT2D eigenvalue weighted by atomic mass is 10.2. The average molecular weight is 194 g/mol. The number of H-pyrrole nitrogens is 1. The van der Waals surface area contributed by atoms with Gasteiger partial charge in [-0.05, 0) is 6.07 Å². The summed E-state index contributed by atoms with van der Waals surface area (Å²) in [4.78, 5) is 10.2. The molecular formula is C6H5F3N2O2. The zero-order valence-electron chi connectivity index (χ0n) is 6.17. The number of hydrogen-bond donors (Lipinski definition) is 2. The fourth-order valence-corrected chi connectivity index (χ4v) is 0.723. The first kappa shape index (κ1) is 9.56. The average Bonchev–Trinajstić information content (AvgIpc) is 2.50. The Labute approximate surface area is 70.4 Å². The highest BCUT2D eigenvalue weighted by Crippen LogP contribution is 2.23. The number of halogens is 3. The van der Waals surface area contributed by atoms with Gasteiger partial charge in [0.25, 0.3) is 6.43 Å². The molecule has 1 rings (SSSR count). The first-order valence-electron chi connectivity index (χ1n) is 3.23. The maximum atomic E-state index is 12.5. The number of nitrogens with zero attached hydrogens (tertiary/aromatic N) is 1. The number of carboxylic acid groups (broad SMARTS) is 1. The van der Waals surface area contributed by atoms with E-state index in [0.29, 0.717) is 0 Å². The van der Waals surface area contributed by atoms with Gasteiger partial charge >= 0.3 is 5.97 Å². The molecule has 2 N–H and O–H groups in total. The van der Waals surface area contributed by atoms with E-state index in [0.717, 1.165) is 6.07 Å². The monoisotopic (exact) mass is 194 g/mol. The lowest BCUT2D eigenvalue weighted by molar-refractivity contribution is 0.0472. The van der Waals surface area contributed by atoms with E-state index in [2.05, 4.69) is 5.10 Å². The van der Waals surface area contributed by atoms with Crippen molar-refractivity contribution in [3.8, 4) is 0 Å². The highest BCUT2D eigenvalue weighted by atomic mass is 19.3. The predicted molar refractivity (Wildman–Crippen MR) is 35.4 cm³/mol. The largest absolute Gasteiger partial charge is 0.476 e. The standard InChI is InChI=1S/C6H5F3N2O2/c7-4(5(8)9)2-1-3(6(12)13)11-10-2/h1,4-5H,(H,10,11)(H,12,13). The molecule has 0 fully saturated rings. The summed E-state index contributed by atoms with van der Waals surface area (Å²) < 4.78 is 36.0. The maximum Gasteiger partial charge on any atom is 0.356 e. The molecular weight excluding hydrogens is 189 g/mol. The first-order valence-corrected chi connectivity index (χ1v) is 3.23. The maximum absolute atomic E-state index is 12.5. The molecule has 0 saturated heterocycles. The Hall–Kier alpha value is -1.53. The van der Waals surface area contributed by atoms with Crippen molar-refractivity contribution in [1.82, 2.24) is 10.2 Å². The Kier molecular flexibility index (Phi) is 2.54. The summed E-state index contributed by atoms with van der Waals surface area (Å²) in [6, 6.07) is 0.735. The SMILES string of the molecule is O=C(O)c1cc(C(F)C(F)F)[nH]n1. The van der Waals surface area contributed by atoms with Crippen LogP contribution in [-0.2, 0) is 0 Å². The molecule has 72 valence electrons. The van der Waals surface area contributed by atoms with Crippen LogP contribution in [0.1, 0.15) is 22.4 Å². The number of carboxylic acids is 1. The van der Waals surface area contributed by atoms with Crippen molar-refractivity contribution in [2.45, 2.75) is 12.6 Å². The quantitative estimate of drug-likeness (QED) is 0.763. The summed E-state index contributed by atoms with van der Waals surface area (Å²) >= 11 is 0.